The molecular weight excluding hydrogens is 329 g/mol. The molecule has 0 aromatic heterocycles. The maximum absolute atomic E-state index is 12.0. The van der Waals surface area contributed by atoms with E-state index in [1.165, 1.54) is 0 Å². The summed E-state index contributed by atoms with van der Waals surface area (Å²) < 4.78 is 1.13. The number of hydrogen-bond donors (Lipinski definition) is 0. The minimum atomic E-state index is 0.135. The fourth-order valence-electron chi connectivity index (χ4n) is 1.89. The van der Waals surface area contributed by atoms with Crippen molar-refractivity contribution < 1.29 is 9.59 Å². The molecule has 1 aromatic carbocycles. The molecule has 0 amide bonds. The van der Waals surface area contributed by atoms with Crippen LogP contribution in [0.3, 0.4) is 0 Å². The third-order valence-corrected chi connectivity index (χ3v) is 3.67. The van der Waals surface area contributed by atoms with Gasteiger partial charge in [-0.25, -0.2) is 0 Å². The predicted octanol–water partition coefficient (Wildman–Crippen LogP) is 2.14. The maximum atomic E-state index is 12.0. The monoisotopic (exact) mass is 343 g/mol. The lowest BCUT2D eigenvalue weighted by molar-refractivity contribution is -0.121. The first kappa shape index (κ1) is 12.7. The lowest BCUT2D eigenvalue weighted by atomic mass is 10.1. The van der Waals surface area contributed by atoms with Crippen LogP contribution < -0.4 is 0 Å². The van der Waals surface area contributed by atoms with Gasteiger partial charge in [-0.1, -0.05) is 12.1 Å². The molecule has 0 spiro atoms. The highest BCUT2D eigenvalue weighted by Crippen LogP contribution is 2.10. The van der Waals surface area contributed by atoms with E-state index in [-0.39, 0.29) is 5.78 Å². The van der Waals surface area contributed by atoms with Gasteiger partial charge in [0.25, 0.3) is 0 Å². The van der Waals surface area contributed by atoms with E-state index >= 15 is 0 Å². The van der Waals surface area contributed by atoms with Crippen molar-refractivity contribution in [3.05, 3.63) is 33.4 Å². The Bertz CT molecular complexity index is 418. The van der Waals surface area contributed by atoms with Gasteiger partial charge in [-0.05, 0) is 34.7 Å². The predicted molar refractivity (Wildman–Crippen MR) is 74.2 cm³/mol. The van der Waals surface area contributed by atoms with Crippen molar-refractivity contribution in [2.24, 2.45) is 0 Å². The first-order valence-corrected chi connectivity index (χ1v) is 6.76. The lowest BCUT2D eigenvalue weighted by Gasteiger charge is -2.24. The summed E-state index contributed by atoms with van der Waals surface area (Å²) in [6.45, 7) is 1.86. The molecule has 4 heteroatoms. The van der Waals surface area contributed by atoms with Crippen LogP contribution in [0.4, 0.5) is 0 Å². The Morgan fingerprint density at radius 3 is 2.35 bits per heavy atom. The van der Waals surface area contributed by atoms with E-state index in [4.69, 9.17) is 0 Å². The Hall–Kier alpha value is -0.750. The van der Waals surface area contributed by atoms with Crippen LogP contribution in [0.25, 0.3) is 0 Å². The van der Waals surface area contributed by atoms with Gasteiger partial charge >= 0.3 is 0 Å². The number of likely N-dealkylation sites (tertiary alicyclic amines) is 1. The molecule has 1 aliphatic heterocycles. The van der Waals surface area contributed by atoms with E-state index in [0.717, 1.165) is 22.2 Å². The van der Waals surface area contributed by atoms with Crippen LogP contribution in [-0.2, 0) is 4.79 Å². The van der Waals surface area contributed by atoms with Gasteiger partial charge in [-0.15, -0.1) is 0 Å². The summed E-state index contributed by atoms with van der Waals surface area (Å²) in [5.41, 5.74) is 0.752. The van der Waals surface area contributed by atoms with Gasteiger partial charge in [0.1, 0.15) is 5.78 Å². The summed E-state index contributed by atoms with van der Waals surface area (Å²) in [4.78, 5) is 25.1. The molecule has 1 heterocycles. The van der Waals surface area contributed by atoms with Gasteiger partial charge in [0.15, 0.2) is 5.78 Å². The highest BCUT2D eigenvalue weighted by atomic mass is 127. The quantitative estimate of drug-likeness (QED) is 0.623. The Labute approximate surface area is 114 Å². The maximum Gasteiger partial charge on any atom is 0.176 e. The number of piperidine rings is 1. The minimum absolute atomic E-state index is 0.135. The number of rotatable bonds is 3. The smallest absolute Gasteiger partial charge is 0.176 e. The van der Waals surface area contributed by atoms with Crippen molar-refractivity contribution in [1.29, 1.82) is 0 Å². The van der Waals surface area contributed by atoms with E-state index < -0.39 is 0 Å². The fourth-order valence-corrected chi connectivity index (χ4v) is 2.25. The Kier molecular flexibility index (Phi) is 4.28. The number of carbonyl (C=O) groups excluding carboxylic acids is 2. The number of carbonyl (C=O) groups is 2. The first-order valence-electron chi connectivity index (χ1n) is 5.68. The molecule has 0 aliphatic carbocycles. The number of Topliss-reactive ketones (excluding diaryl/α,β-unsaturated/α-hetero) is 2. The van der Waals surface area contributed by atoms with E-state index in [2.05, 4.69) is 27.5 Å². The largest absolute Gasteiger partial charge is 0.300 e. The third-order valence-electron chi connectivity index (χ3n) is 2.95. The first-order chi connectivity index (χ1) is 8.15. The zero-order valence-corrected chi connectivity index (χ0v) is 11.6. The van der Waals surface area contributed by atoms with Crippen LogP contribution in [0.15, 0.2) is 24.3 Å². The minimum Gasteiger partial charge on any atom is -0.300 e. The van der Waals surface area contributed by atoms with Gasteiger partial charge in [0.05, 0.1) is 6.54 Å². The summed E-state index contributed by atoms with van der Waals surface area (Å²) in [5.74, 6) is 0.443. The molecule has 0 radical (unpaired) electrons. The van der Waals surface area contributed by atoms with E-state index in [0.29, 0.717) is 25.2 Å². The third kappa shape index (κ3) is 3.61. The second-order valence-corrected chi connectivity index (χ2v) is 5.49. The SMILES string of the molecule is O=C1CCN(CC(=O)c2ccc(I)cc2)CC1. The number of ketones is 2. The molecule has 0 N–H and O–H groups in total. The van der Waals surface area contributed by atoms with Crippen molar-refractivity contribution in [2.75, 3.05) is 19.6 Å². The topological polar surface area (TPSA) is 37.4 Å². The van der Waals surface area contributed by atoms with Gasteiger partial charge in [0, 0.05) is 35.1 Å². The molecule has 0 unspecified atom stereocenters. The van der Waals surface area contributed by atoms with Gasteiger partial charge in [-0.2, -0.15) is 0 Å². The lowest BCUT2D eigenvalue weighted by Crippen LogP contribution is -2.37. The molecule has 90 valence electrons. The molecular formula is C13H14INO2. The summed E-state index contributed by atoms with van der Waals surface area (Å²) >= 11 is 2.22. The second-order valence-electron chi connectivity index (χ2n) is 4.24. The zero-order valence-electron chi connectivity index (χ0n) is 9.49. The molecule has 0 bridgehead atoms. The molecule has 0 saturated carbocycles. The Morgan fingerprint density at radius 2 is 1.76 bits per heavy atom. The van der Waals surface area contributed by atoms with Gasteiger partial charge < -0.3 is 0 Å². The van der Waals surface area contributed by atoms with Crippen molar-refractivity contribution >= 4 is 34.2 Å². The van der Waals surface area contributed by atoms with Gasteiger partial charge in [0.2, 0.25) is 0 Å². The van der Waals surface area contributed by atoms with Crippen molar-refractivity contribution in [3.8, 4) is 0 Å². The normalized spacial score (nSPS) is 17.1. The number of hydrogen-bond acceptors (Lipinski definition) is 3. The molecule has 0 atom stereocenters. The molecule has 17 heavy (non-hydrogen) atoms. The standard InChI is InChI=1S/C13H14INO2/c14-11-3-1-10(2-4-11)13(17)9-15-7-5-12(16)6-8-15/h1-4H,5-9H2. The number of nitrogens with zero attached hydrogens (tertiary/aromatic N) is 1. The van der Waals surface area contributed by atoms with E-state index in [9.17, 15) is 9.59 Å². The summed E-state index contributed by atoms with van der Waals surface area (Å²) in [5, 5.41) is 0. The fraction of sp³-hybridized carbons (Fsp3) is 0.385. The number of halogens is 1. The average molecular weight is 343 g/mol. The molecule has 1 aliphatic rings. The number of benzene rings is 1. The summed E-state index contributed by atoms with van der Waals surface area (Å²) in [6.07, 6.45) is 1.17. The molecule has 1 fully saturated rings. The Balaban J connectivity index is 1.93. The summed E-state index contributed by atoms with van der Waals surface area (Å²) in [7, 11) is 0. The molecule has 1 saturated heterocycles. The second kappa shape index (κ2) is 5.73. The summed E-state index contributed by atoms with van der Waals surface area (Å²) in [6, 6.07) is 7.60. The average Bonchev–Trinajstić information content (AvgIpc) is 2.33. The van der Waals surface area contributed by atoms with E-state index in [1.54, 1.807) is 0 Å². The van der Waals surface area contributed by atoms with Crippen LogP contribution in [-0.4, -0.2) is 36.1 Å². The van der Waals surface area contributed by atoms with Crippen LogP contribution in [0.1, 0.15) is 23.2 Å². The van der Waals surface area contributed by atoms with Crippen molar-refractivity contribution in [3.63, 3.8) is 0 Å². The highest BCUT2D eigenvalue weighted by Gasteiger charge is 2.18. The van der Waals surface area contributed by atoms with Crippen LogP contribution in [0.2, 0.25) is 0 Å². The van der Waals surface area contributed by atoms with Gasteiger partial charge in [-0.3, -0.25) is 14.5 Å². The van der Waals surface area contributed by atoms with Crippen LogP contribution in [0, 0.1) is 3.57 Å². The van der Waals surface area contributed by atoms with E-state index in [1.807, 2.05) is 24.3 Å². The molecule has 3 nitrogen and oxygen atoms in total. The van der Waals surface area contributed by atoms with Crippen molar-refractivity contribution in [2.45, 2.75) is 12.8 Å². The van der Waals surface area contributed by atoms with Crippen LogP contribution in [0.5, 0.6) is 0 Å². The highest BCUT2D eigenvalue weighted by molar-refractivity contribution is 14.1. The van der Waals surface area contributed by atoms with Crippen LogP contribution >= 0.6 is 22.6 Å². The zero-order chi connectivity index (χ0) is 12.3. The van der Waals surface area contributed by atoms with Crippen molar-refractivity contribution in [1.82, 2.24) is 4.90 Å². The molecule has 1 aromatic rings. The Morgan fingerprint density at radius 1 is 1.18 bits per heavy atom. The molecule has 2 rings (SSSR count).